The Kier molecular flexibility index (Phi) is 2.18. The molecule has 0 unspecified atom stereocenters. The van der Waals surface area contributed by atoms with Crippen LogP contribution in [0.5, 0.6) is 0 Å². The van der Waals surface area contributed by atoms with Gasteiger partial charge in [-0.3, -0.25) is 10.1 Å². The first-order chi connectivity index (χ1) is 5.24. The second-order valence-electron chi connectivity index (χ2n) is 2.04. The van der Waals surface area contributed by atoms with Crippen molar-refractivity contribution in [3.05, 3.63) is 39.9 Å². The molecule has 4 heteroatoms. The molecule has 0 saturated carbocycles. The summed E-state index contributed by atoms with van der Waals surface area (Å²) in [5.74, 6) is 0. The van der Waals surface area contributed by atoms with E-state index in [1.54, 1.807) is 6.07 Å². The fourth-order valence-corrected chi connectivity index (χ4v) is 0.689. The molecule has 0 spiro atoms. The monoisotopic (exact) mass is 151 g/mol. The molecule has 0 fully saturated rings. The summed E-state index contributed by atoms with van der Waals surface area (Å²) in [7, 11) is 0. The maximum Gasteiger partial charge on any atom is 0.277 e. The van der Waals surface area contributed by atoms with E-state index in [4.69, 9.17) is 5.73 Å². The molecule has 57 valence electrons. The third kappa shape index (κ3) is 1.75. The zero-order valence-corrected chi connectivity index (χ0v) is 5.78. The van der Waals surface area contributed by atoms with E-state index in [1.165, 1.54) is 12.1 Å². The number of benzene rings is 1. The maximum atomic E-state index is 10.1. The third-order valence-corrected chi connectivity index (χ3v) is 1.29. The van der Waals surface area contributed by atoms with Gasteiger partial charge in [0.15, 0.2) is 0 Å². The van der Waals surface area contributed by atoms with E-state index >= 15 is 0 Å². The summed E-state index contributed by atoms with van der Waals surface area (Å²) in [6.07, 6.45) is 0. The van der Waals surface area contributed by atoms with E-state index in [-0.39, 0.29) is 5.69 Å². The van der Waals surface area contributed by atoms with Crippen LogP contribution < -0.4 is 5.73 Å². The summed E-state index contributed by atoms with van der Waals surface area (Å²) in [4.78, 5) is 9.66. The highest BCUT2D eigenvalue weighted by molar-refractivity contribution is 5.31. The first-order valence-electron chi connectivity index (χ1n) is 3.09. The Hall–Kier alpha value is -1.42. The molecule has 0 amide bonds. The van der Waals surface area contributed by atoms with Crippen molar-refractivity contribution in [3.8, 4) is 0 Å². The van der Waals surface area contributed by atoms with Crippen molar-refractivity contribution >= 4 is 5.69 Å². The first-order valence-corrected chi connectivity index (χ1v) is 3.09. The first kappa shape index (κ1) is 7.68. The molecule has 2 N–H and O–H groups in total. The Bertz CT molecular complexity index is 256. The minimum absolute atomic E-state index is 0.0257. The van der Waals surface area contributed by atoms with Crippen molar-refractivity contribution < 1.29 is 4.92 Å². The number of nitrogens with two attached hydrogens (primary N) is 1. The van der Waals surface area contributed by atoms with Gasteiger partial charge in [-0.05, 0) is 11.6 Å². The Balaban J connectivity index is 2.91. The molecule has 0 saturated heterocycles. The van der Waals surface area contributed by atoms with Crippen LogP contribution in [0.1, 0.15) is 5.56 Å². The molecule has 0 aliphatic heterocycles. The Morgan fingerprint density at radius 1 is 1.64 bits per heavy atom. The second kappa shape index (κ2) is 3.12. The van der Waals surface area contributed by atoms with E-state index < -0.39 is 4.92 Å². The Morgan fingerprint density at radius 2 is 2.36 bits per heavy atom. The quantitative estimate of drug-likeness (QED) is 0.503. The molecule has 0 aliphatic rings. The van der Waals surface area contributed by atoms with Gasteiger partial charge in [0.05, 0.1) is 11.0 Å². The molecule has 0 aliphatic carbocycles. The number of hydrogen-bond acceptors (Lipinski definition) is 3. The van der Waals surface area contributed by atoms with Gasteiger partial charge in [0.1, 0.15) is 0 Å². The zero-order chi connectivity index (χ0) is 8.27. The number of nitro groups is 1. The van der Waals surface area contributed by atoms with E-state index in [0.29, 0.717) is 6.54 Å². The van der Waals surface area contributed by atoms with Gasteiger partial charge in [-0.2, -0.15) is 0 Å². The van der Waals surface area contributed by atoms with Crippen LogP contribution in [0.2, 0.25) is 0 Å². The fourth-order valence-electron chi connectivity index (χ4n) is 0.689. The number of nitrogens with zero attached hydrogens (tertiary/aromatic N) is 1. The number of non-ortho nitro benzene ring substituents is 1. The van der Waals surface area contributed by atoms with Crippen molar-refractivity contribution in [1.82, 2.24) is 0 Å². The number of rotatable bonds is 2. The molecule has 1 radical (unpaired) electrons. The normalized spacial score (nSPS) is 9.55. The van der Waals surface area contributed by atoms with E-state index in [1.807, 2.05) is 0 Å². The largest absolute Gasteiger partial charge is 0.326 e. The molecular formula is C7H7N2O2. The highest BCUT2D eigenvalue weighted by Gasteiger charge is 2.02. The van der Waals surface area contributed by atoms with Crippen molar-refractivity contribution in [2.75, 3.05) is 0 Å². The Labute approximate surface area is 63.8 Å². The molecule has 0 heterocycles. The summed E-state index contributed by atoms with van der Waals surface area (Å²) in [6.45, 7) is 0.383. The molecule has 0 atom stereocenters. The average Bonchev–Trinajstić information content (AvgIpc) is 2.05. The lowest BCUT2D eigenvalue weighted by Crippen LogP contribution is -1.96. The van der Waals surface area contributed by atoms with Crippen LogP contribution in [0.25, 0.3) is 0 Å². The summed E-state index contributed by atoms with van der Waals surface area (Å²) < 4.78 is 0. The lowest BCUT2D eigenvalue weighted by molar-refractivity contribution is -0.385. The van der Waals surface area contributed by atoms with Crippen molar-refractivity contribution in [3.63, 3.8) is 0 Å². The summed E-state index contributed by atoms with van der Waals surface area (Å²) in [5, 5.41) is 10.1. The van der Waals surface area contributed by atoms with E-state index in [0.717, 1.165) is 5.56 Å². The SMILES string of the molecule is NCc1c[c]c([N+](=O)[O-])cc1. The predicted octanol–water partition coefficient (Wildman–Crippen LogP) is 0.854. The minimum Gasteiger partial charge on any atom is -0.326 e. The molecule has 1 aromatic carbocycles. The van der Waals surface area contributed by atoms with E-state index in [9.17, 15) is 10.1 Å². The van der Waals surface area contributed by atoms with Crippen LogP contribution in [0.15, 0.2) is 18.2 Å². The molecule has 11 heavy (non-hydrogen) atoms. The highest BCUT2D eigenvalue weighted by atomic mass is 16.6. The van der Waals surface area contributed by atoms with Crippen LogP contribution in [0, 0.1) is 16.2 Å². The van der Waals surface area contributed by atoms with Gasteiger partial charge in [0, 0.05) is 12.6 Å². The topological polar surface area (TPSA) is 69.2 Å². The van der Waals surface area contributed by atoms with Gasteiger partial charge in [-0.1, -0.05) is 6.07 Å². The zero-order valence-electron chi connectivity index (χ0n) is 5.78. The lowest BCUT2D eigenvalue weighted by atomic mass is 10.2. The average molecular weight is 151 g/mol. The highest BCUT2D eigenvalue weighted by Crippen LogP contribution is 2.09. The van der Waals surface area contributed by atoms with Crippen LogP contribution in [0.3, 0.4) is 0 Å². The number of hydrogen-bond donors (Lipinski definition) is 1. The molecule has 1 aromatic rings. The third-order valence-electron chi connectivity index (χ3n) is 1.29. The van der Waals surface area contributed by atoms with Gasteiger partial charge in [0.25, 0.3) is 5.69 Å². The number of nitro benzene ring substituents is 1. The van der Waals surface area contributed by atoms with Gasteiger partial charge in [-0.25, -0.2) is 0 Å². The summed E-state index contributed by atoms with van der Waals surface area (Å²) >= 11 is 0. The van der Waals surface area contributed by atoms with Crippen LogP contribution in [-0.2, 0) is 6.54 Å². The molecule has 0 aromatic heterocycles. The smallest absolute Gasteiger partial charge is 0.277 e. The van der Waals surface area contributed by atoms with E-state index in [2.05, 4.69) is 6.07 Å². The molecule has 0 bridgehead atoms. The van der Waals surface area contributed by atoms with Crippen molar-refractivity contribution in [2.24, 2.45) is 5.73 Å². The molecular weight excluding hydrogens is 144 g/mol. The van der Waals surface area contributed by atoms with Gasteiger partial charge in [-0.15, -0.1) is 0 Å². The van der Waals surface area contributed by atoms with Gasteiger partial charge < -0.3 is 5.73 Å². The van der Waals surface area contributed by atoms with Crippen molar-refractivity contribution in [2.45, 2.75) is 6.54 Å². The summed E-state index contributed by atoms with van der Waals surface area (Å²) in [6, 6.07) is 7.04. The standard InChI is InChI=1S/C7H7N2O2/c8-5-6-1-3-7(4-2-6)9(10)11/h1-3H,5,8H2. The van der Waals surface area contributed by atoms with Crippen LogP contribution in [0.4, 0.5) is 5.69 Å². The lowest BCUT2D eigenvalue weighted by Gasteiger charge is -1.93. The van der Waals surface area contributed by atoms with Gasteiger partial charge >= 0.3 is 0 Å². The Morgan fingerprint density at radius 3 is 2.73 bits per heavy atom. The van der Waals surface area contributed by atoms with Crippen molar-refractivity contribution in [1.29, 1.82) is 0 Å². The summed E-state index contributed by atoms with van der Waals surface area (Å²) in [5.41, 5.74) is 6.10. The van der Waals surface area contributed by atoms with Gasteiger partial charge in [0.2, 0.25) is 0 Å². The molecule has 1 rings (SSSR count). The maximum absolute atomic E-state index is 10.1. The molecule has 4 nitrogen and oxygen atoms in total. The van der Waals surface area contributed by atoms with Crippen LogP contribution in [-0.4, -0.2) is 4.92 Å². The van der Waals surface area contributed by atoms with Crippen LogP contribution >= 0.6 is 0 Å². The fraction of sp³-hybridized carbons (Fsp3) is 0.143. The minimum atomic E-state index is -0.486. The second-order valence-corrected chi connectivity index (χ2v) is 2.04. The predicted molar refractivity (Wildman–Crippen MR) is 39.8 cm³/mol.